The third-order valence-electron chi connectivity index (χ3n) is 5.53. The van der Waals surface area contributed by atoms with Gasteiger partial charge in [-0.05, 0) is 30.5 Å². The summed E-state index contributed by atoms with van der Waals surface area (Å²) >= 11 is 1.49. The number of carbonyl (C=O) groups is 1. The zero-order valence-electron chi connectivity index (χ0n) is 16.1. The summed E-state index contributed by atoms with van der Waals surface area (Å²) in [6, 6.07) is 18.1. The number of aliphatic imine (C=N–C) groups is 1. The van der Waals surface area contributed by atoms with Crippen molar-refractivity contribution < 1.29 is 4.79 Å². The molecule has 0 saturated heterocycles. The van der Waals surface area contributed by atoms with Crippen LogP contribution in [-0.2, 0) is 4.79 Å². The molecule has 3 aromatic rings. The Morgan fingerprint density at radius 3 is 2.55 bits per heavy atom. The first-order chi connectivity index (χ1) is 14.3. The number of rotatable bonds is 4. The Morgan fingerprint density at radius 1 is 1.00 bits per heavy atom. The fourth-order valence-electron chi connectivity index (χ4n) is 3.97. The summed E-state index contributed by atoms with van der Waals surface area (Å²) < 4.78 is 1.05. The number of hydrazone groups is 1. The Hall–Kier alpha value is -2.86. The highest BCUT2D eigenvalue weighted by atomic mass is 32.1. The quantitative estimate of drug-likeness (QED) is 0.572. The molecular formula is C23H22N4OS. The summed E-state index contributed by atoms with van der Waals surface area (Å²) in [4.78, 5) is 22.7. The van der Waals surface area contributed by atoms with Gasteiger partial charge in [-0.25, -0.2) is 4.98 Å². The lowest BCUT2D eigenvalue weighted by Gasteiger charge is -2.18. The number of amides is 1. The SMILES string of the molecule is O=C1[C@H](C=NC2CCCCC2)C(c2ccccc2)=NN1c1nc2ccccc2s1. The van der Waals surface area contributed by atoms with Gasteiger partial charge in [-0.1, -0.05) is 73.1 Å². The largest absolute Gasteiger partial charge is 0.293 e. The van der Waals surface area contributed by atoms with Crippen LogP contribution in [0.2, 0.25) is 0 Å². The maximum absolute atomic E-state index is 13.3. The number of para-hydroxylation sites is 1. The highest BCUT2D eigenvalue weighted by Crippen LogP contribution is 2.33. The maximum atomic E-state index is 13.3. The van der Waals surface area contributed by atoms with Crippen molar-refractivity contribution in [3.8, 4) is 0 Å². The third-order valence-corrected chi connectivity index (χ3v) is 6.54. The van der Waals surface area contributed by atoms with Gasteiger partial charge in [0.05, 0.1) is 15.9 Å². The number of aromatic nitrogens is 1. The van der Waals surface area contributed by atoms with E-state index in [1.54, 1.807) is 0 Å². The molecule has 6 heteroatoms. The van der Waals surface area contributed by atoms with Crippen molar-refractivity contribution >= 4 is 44.5 Å². The molecule has 5 nitrogen and oxygen atoms in total. The summed E-state index contributed by atoms with van der Waals surface area (Å²) in [6.07, 6.45) is 7.78. The minimum Gasteiger partial charge on any atom is -0.293 e. The van der Waals surface area contributed by atoms with E-state index in [1.165, 1.54) is 35.6 Å². The van der Waals surface area contributed by atoms with E-state index in [2.05, 4.69) is 4.98 Å². The van der Waals surface area contributed by atoms with Gasteiger partial charge in [-0.2, -0.15) is 10.1 Å². The van der Waals surface area contributed by atoms with Crippen LogP contribution in [0.3, 0.4) is 0 Å². The lowest BCUT2D eigenvalue weighted by Crippen LogP contribution is -2.29. The van der Waals surface area contributed by atoms with Crippen LogP contribution in [0.4, 0.5) is 5.13 Å². The fraction of sp³-hybridized carbons (Fsp3) is 0.304. The number of carbonyl (C=O) groups excluding carboxylic acids is 1. The minimum absolute atomic E-state index is 0.0810. The van der Waals surface area contributed by atoms with Crippen LogP contribution >= 0.6 is 11.3 Å². The van der Waals surface area contributed by atoms with Crippen LogP contribution in [0.5, 0.6) is 0 Å². The molecular weight excluding hydrogens is 380 g/mol. The van der Waals surface area contributed by atoms with Crippen LogP contribution in [0.1, 0.15) is 37.7 Å². The highest BCUT2D eigenvalue weighted by Gasteiger charge is 2.38. The van der Waals surface area contributed by atoms with Crippen molar-refractivity contribution in [1.82, 2.24) is 4.98 Å². The molecule has 0 spiro atoms. The van der Waals surface area contributed by atoms with E-state index in [1.807, 2.05) is 60.8 Å². The van der Waals surface area contributed by atoms with Crippen LogP contribution < -0.4 is 5.01 Å². The zero-order chi connectivity index (χ0) is 19.6. The predicted molar refractivity (Wildman–Crippen MR) is 119 cm³/mol. The van der Waals surface area contributed by atoms with Crippen molar-refractivity contribution in [2.45, 2.75) is 38.1 Å². The Balaban J connectivity index is 1.50. The summed E-state index contributed by atoms with van der Waals surface area (Å²) in [5.74, 6) is -0.547. The lowest BCUT2D eigenvalue weighted by molar-refractivity contribution is -0.118. The minimum atomic E-state index is -0.466. The van der Waals surface area contributed by atoms with Crippen molar-refractivity contribution in [1.29, 1.82) is 0 Å². The van der Waals surface area contributed by atoms with E-state index in [-0.39, 0.29) is 5.91 Å². The molecule has 1 amide bonds. The Kier molecular flexibility index (Phi) is 4.94. The molecule has 0 bridgehead atoms. The topological polar surface area (TPSA) is 57.9 Å². The van der Waals surface area contributed by atoms with Gasteiger partial charge >= 0.3 is 0 Å². The summed E-state index contributed by atoms with van der Waals surface area (Å²) in [5, 5.41) is 6.78. The molecule has 0 N–H and O–H groups in total. The van der Waals surface area contributed by atoms with Crippen molar-refractivity contribution in [2.24, 2.45) is 16.0 Å². The molecule has 1 atom stereocenters. The second kappa shape index (κ2) is 7.87. The molecule has 146 valence electrons. The predicted octanol–water partition coefficient (Wildman–Crippen LogP) is 5.07. The van der Waals surface area contributed by atoms with Crippen LogP contribution in [-0.4, -0.2) is 28.9 Å². The molecule has 2 aromatic carbocycles. The lowest BCUT2D eigenvalue weighted by atomic mass is 9.95. The van der Waals surface area contributed by atoms with Gasteiger partial charge in [-0.3, -0.25) is 9.79 Å². The first kappa shape index (κ1) is 18.2. The molecule has 2 heterocycles. The smallest absolute Gasteiger partial charge is 0.264 e. The van der Waals surface area contributed by atoms with E-state index >= 15 is 0 Å². The van der Waals surface area contributed by atoms with Gasteiger partial charge in [-0.15, -0.1) is 0 Å². The fourth-order valence-corrected chi connectivity index (χ4v) is 4.90. The number of fused-ring (bicyclic) bond motifs is 1. The molecule has 29 heavy (non-hydrogen) atoms. The van der Waals surface area contributed by atoms with Crippen LogP contribution in [0.15, 0.2) is 64.7 Å². The van der Waals surface area contributed by atoms with Crippen molar-refractivity contribution in [2.75, 3.05) is 5.01 Å². The number of hydrogen-bond acceptors (Lipinski definition) is 5. The molecule has 2 aliphatic rings. The van der Waals surface area contributed by atoms with Crippen LogP contribution in [0, 0.1) is 5.92 Å². The monoisotopic (exact) mass is 402 g/mol. The van der Waals surface area contributed by atoms with Gasteiger partial charge in [0.1, 0.15) is 5.92 Å². The molecule has 1 aliphatic carbocycles. The molecule has 5 rings (SSSR count). The highest BCUT2D eigenvalue weighted by molar-refractivity contribution is 7.22. The Morgan fingerprint density at radius 2 is 1.76 bits per heavy atom. The van der Waals surface area contributed by atoms with Gasteiger partial charge in [0.25, 0.3) is 5.91 Å². The van der Waals surface area contributed by atoms with E-state index in [4.69, 9.17) is 10.1 Å². The number of anilines is 1. The number of nitrogens with zero attached hydrogens (tertiary/aromatic N) is 4. The average Bonchev–Trinajstić information content (AvgIpc) is 3.34. The summed E-state index contributed by atoms with van der Waals surface area (Å²) in [6.45, 7) is 0. The van der Waals surface area contributed by atoms with E-state index in [0.29, 0.717) is 11.2 Å². The number of benzene rings is 2. The molecule has 1 saturated carbocycles. The number of hydrogen-bond donors (Lipinski definition) is 0. The van der Waals surface area contributed by atoms with Gasteiger partial charge in [0.2, 0.25) is 5.13 Å². The molecule has 1 fully saturated rings. The molecule has 0 radical (unpaired) electrons. The second-order valence-electron chi connectivity index (χ2n) is 7.53. The number of thiazole rings is 1. The van der Waals surface area contributed by atoms with Crippen LogP contribution in [0.25, 0.3) is 10.2 Å². The van der Waals surface area contributed by atoms with E-state index in [0.717, 1.165) is 34.3 Å². The van der Waals surface area contributed by atoms with Crippen molar-refractivity contribution in [3.63, 3.8) is 0 Å². The van der Waals surface area contributed by atoms with Gasteiger partial charge in [0, 0.05) is 12.3 Å². The van der Waals surface area contributed by atoms with Crippen molar-refractivity contribution in [3.05, 3.63) is 60.2 Å². The third kappa shape index (κ3) is 3.60. The average molecular weight is 403 g/mol. The normalized spacial score (nSPS) is 20.7. The molecule has 0 unspecified atom stereocenters. The summed E-state index contributed by atoms with van der Waals surface area (Å²) in [7, 11) is 0. The standard InChI is InChI=1S/C23H22N4OS/c28-22-18(15-24-17-11-5-2-6-12-17)21(16-9-3-1-4-10-16)26-27(22)23-25-19-13-7-8-14-20(19)29-23/h1,3-4,7-10,13-15,17-18H,2,5-6,11-12H2/t18-/m1/s1. The van der Waals surface area contributed by atoms with E-state index < -0.39 is 5.92 Å². The Bertz CT molecular complexity index is 1050. The maximum Gasteiger partial charge on any atom is 0.264 e. The second-order valence-corrected chi connectivity index (χ2v) is 8.54. The zero-order valence-corrected chi connectivity index (χ0v) is 16.9. The van der Waals surface area contributed by atoms with E-state index in [9.17, 15) is 4.79 Å². The summed E-state index contributed by atoms with van der Waals surface area (Å²) in [5.41, 5.74) is 2.58. The first-order valence-corrected chi connectivity index (χ1v) is 11.0. The molecule has 1 aromatic heterocycles. The van der Waals surface area contributed by atoms with Gasteiger partial charge < -0.3 is 0 Å². The first-order valence-electron chi connectivity index (χ1n) is 10.2. The van der Waals surface area contributed by atoms with Gasteiger partial charge in [0.15, 0.2) is 0 Å². The Labute approximate surface area is 173 Å². The molecule has 1 aliphatic heterocycles.